The van der Waals surface area contributed by atoms with Crippen molar-refractivity contribution < 1.29 is 14.3 Å². The third-order valence-electron chi connectivity index (χ3n) is 1.68. The summed E-state index contributed by atoms with van der Waals surface area (Å²) in [5.74, 6) is -0.201. The van der Waals surface area contributed by atoms with E-state index in [9.17, 15) is 9.59 Å². The van der Waals surface area contributed by atoms with E-state index in [-0.39, 0.29) is 5.91 Å². The lowest BCUT2D eigenvalue weighted by molar-refractivity contribution is -0.122. The van der Waals surface area contributed by atoms with Gasteiger partial charge < -0.3 is 15.4 Å². The molecule has 0 saturated carbocycles. The summed E-state index contributed by atoms with van der Waals surface area (Å²) in [6.45, 7) is 9.51. The van der Waals surface area contributed by atoms with Crippen LogP contribution in [0.4, 0.5) is 4.79 Å². The summed E-state index contributed by atoms with van der Waals surface area (Å²) in [6, 6.07) is -0.582. The van der Waals surface area contributed by atoms with Gasteiger partial charge in [-0.15, -0.1) is 0 Å². The Kier molecular flexibility index (Phi) is 5.85. The number of nitrogens with one attached hydrogen (secondary N) is 2. The molecule has 0 rings (SSSR count). The van der Waals surface area contributed by atoms with E-state index in [0.717, 1.165) is 6.42 Å². The van der Waals surface area contributed by atoms with Crippen LogP contribution in [-0.4, -0.2) is 30.2 Å². The van der Waals surface area contributed by atoms with Crippen LogP contribution in [0.15, 0.2) is 0 Å². The largest absolute Gasteiger partial charge is 0.444 e. The van der Waals surface area contributed by atoms with Crippen LogP contribution in [0.2, 0.25) is 0 Å². The number of rotatable bonds is 4. The fourth-order valence-corrected chi connectivity index (χ4v) is 0.951. The highest BCUT2D eigenvalue weighted by Crippen LogP contribution is 2.06. The summed E-state index contributed by atoms with van der Waals surface area (Å²) in [5, 5.41) is 5.16. The maximum atomic E-state index is 11.4. The highest BCUT2D eigenvalue weighted by Gasteiger charge is 2.20. The van der Waals surface area contributed by atoms with Crippen molar-refractivity contribution >= 4 is 12.0 Å². The first-order valence-electron chi connectivity index (χ1n) is 5.53. The van der Waals surface area contributed by atoms with Crippen LogP contribution in [-0.2, 0) is 9.53 Å². The van der Waals surface area contributed by atoms with Gasteiger partial charge in [-0.1, -0.05) is 6.92 Å². The molecule has 16 heavy (non-hydrogen) atoms. The molecule has 0 fully saturated rings. The third kappa shape index (κ3) is 7.09. The first-order valence-corrected chi connectivity index (χ1v) is 5.53. The molecule has 0 bridgehead atoms. The average molecular weight is 230 g/mol. The van der Waals surface area contributed by atoms with Gasteiger partial charge in [0.05, 0.1) is 0 Å². The SMILES string of the molecule is CCCNC(=O)[C@H](C)NC(=O)OC(C)(C)C. The third-order valence-corrected chi connectivity index (χ3v) is 1.68. The normalized spacial score (nSPS) is 12.8. The second kappa shape index (κ2) is 6.35. The van der Waals surface area contributed by atoms with Gasteiger partial charge in [0.15, 0.2) is 0 Å². The van der Waals surface area contributed by atoms with Gasteiger partial charge in [0.1, 0.15) is 11.6 Å². The number of hydrogen-bond donors (Lipinski definition) is 2. The van der Waals surface area contributed by atoms with Crippen LogP contribution in [0.1, 0.15) is 41.0 Å². The second-order valence-corrected chi connectivity index (χ2v) is 4.66. The molecule has 2 N–H and O–H groups in total. The Morgan fingerprint density at radius 2 is 1.88 bits per heavy atom. The van der Waals surface area contributed by atoms with Crippen LogP contribution in [0.25, 0.3) is 0 Å². The molecular weight excluding hydrogens is 208 g/mol. The van der Waals surface area contributed by atoms with Gasteiger partial charge >= 0.3 is 6.09 Å². The van der Waals surface area contributed by atoms with Crippen LogP contribution in [0, 0.1) is 0 Å². The zero-order chi connectivity index (χ0) is 12.8. The number of carbonyl (C=O) groups is 2. The molecule has 0 aromatic heterocycles. The first kappa shape index (κ1) is 14.7. The molecule has 0 spiro atoms. The minimum Gasteiger partial charge on any atom is -0.444 e. The monoisotopic (exact) mass is 230 g/mol. The molecule has 94 valence electrons. The lowest BCUT2D eigenvalue weighted by atomic mass is 10.2. The maximum Gasteiger partial charge on any atom is 0.408 e. The van der Waals surface area contributed by atoms with Crippen LogP contribution in [0.5, 0.6) is 0 Å². The van der Waals surface area contributed by atoms with Gasteiger partial charge in [0.25, 0.3) is 0 Å². The lowest BCUT2D eigenvalue weighted by Gasteiger charge is -2.21. The van der Waals surface area contributed by atoms with E-state index in [1.165, 1.54) is 0 Å². The second-order valence-electron chi connectivity index (χ2n) is 4.66. The predicted octanol–water partition coefficient (Wildman–Crippen LogP) is 1.43. The van der Waals surface area contributed by atoms with Crippen molar-refractivity contribution in [3.63, 3.8) is 0 Å². The van der Waals surface area contributed by atoms with E-state index < -0.39 is 17.7 Å². The minimum atomic E-state index is -0.582. The smallest absolute Gasteiger partial charge is 0.408 e. The highest BCUT2D eigenvalue weighted by atomic mass is 16.6. The van der Waals surface area contributed by atoms with E-state index in [4.69, 9.17) is 4.74 Å². The topological polar surface area (TPSA) is 67.4 Å². The summed E-state index contributed by atoms with van der Waals surface area (Å²) in [7, 11) is 0. The van der Waals surface area contributed by atoms with E-state index in [2.05, 4.69) is 10.6 Å². The molecule has 5 nitrogen and oxygen atoms in total. The van der Waals surface area contributed by atoms with Crippen molar-refractivity contribution in [1.29, 1.82) is 0 Å². The van der Waals surface area contributed by atoms with Gasteiger partial charge in [0.2, 0.25) is 5.91 Å². The van der Waals surface area contributed by atoms with E-state index >= 15 is 0 Å². The molecule has 0 saturated heterocycles. The fourth-order valence-electron chi connectivity index (χ4n) is 0.951. The molecule has 0 aromatic carbocycles. The zero-order valence-electron chi connectivity index (χ0n) is 10.7. The summed E-state index contributed by atoms with van der Waals surface area (Å²) in [4.78, 5) is 22.8. The molecule has 0 radical (unpaired) electrons. The molecule has 0 aromatic rings. The van der Waals surface area contributed by atoms with Gasteiger partial charge in [-0.25, -0.2) is 4.79 Å². The maximum absolute atomic E-state index is 11.4. The molecule has 5 heteroatoms. The Bertz CT molecular complexity index is 246. The molecule has 0 aliphatic carbocycles. The van der Waals surface area contributed by atoms with Gasteiger partial charge in [-0.05, 0) is 34.1 Å². The van der Waals surface area contributed by atoms with Crippen LogP contribution in [0.3, 0.4) is 0 Å². The molecule has 0 aliphatic heterocycles. The van der Waals surface area contributed by atoms with Crippen molar-refractivity contribution in [3.05, 3.63) is 0 Å². The number of hydrogen-bond acceptors (Lipinski definition) is 3. The molecule has 2 amide bonds. The Balaban J connectivity index is 3.99. The van der Waals surface area contributed by atoms with Crippen LogP contribution >= 0.6 is 0 Å². The zero-order valence-corrected chi connectivity index (χ0v) is 10.7. The van der Waals surface area contributed by atoms with Crippen molar-refractivity contribution in [1.82, 2.24) is 10.6 Å². The Labute approximate surface area is 96.9 Å². The summed E-state index contributed by atoms with van der Waals surface area (Å²) in [5.41, 5.74) is -0.552. The number of alkyl carbamates (subject to hydrolysis) is 1. The first-order chi connectivity index (χ1) is 7.26. The summed E-state index contributed by atoms with van der Waals surface area (Å²) < 4.78 is 5.03. The summed E-state index contributed by atoms with van der Waals surface area (Å²) >= 11 is 0. The van der Waals surface area contributed by atoms with Crippen molar-refractivity contribution in [2.24, 2.45) is 0 Å². The van der Waals surface area contributed by atoms with Gasteiger partial charge in [0, 0.05) is 6.54 Å². The van der Waals surface area contributed by atoms with E-state index in [0.29, 0.717) is 6.54 Å². The molecule has 0 heterocycles. The van der Waals surface area contributed by atoms with E-state index in [1.54, 1.807) is 27.7 Å². The lowest BCUT2D eigenvalue weighted by Crippen LogP contribution is -2.46. The quantitative estimate of drug-likeness (QED) is 0.767. The van der Waals surface area contributed by atoms with Crippen molar-refractivity contribution in [3.8, 4) is 0 Å². The van der Waals surface area contributed by atoms with Crippen molar-refractivity contribution in [2.75, 3.05) is 6.54 Å². The summed E-state index contributed by atoms with van der Waals surface area (Å²) in [6.07, 6.45) is 0.289. The van der Waals surface area contributed by atoms with E-state index in [1.807, 2.05) is 6.92 Å². The Morgan fingerprint density at radius 1 is 1.31 bits per heavy atom. The number of carbonyl (C=O) groups excluding carboxylic acids is 2. The average Bonchev–Trinajstić information content (AvgIpc) is 2.10. The highest BCUT2D eigenvalue weighted by molar-refractivity contribution is 5.85. The fraction of sp³-hybridized carbons (Fsp3) is 0.818. The number of amides is 2. The molecular formula is C11H22N2O3. The minimum absolute atomic E-state index is 0.201. The molecule has 0 unspecified atom stereocenters. The van der Waals surface area contributed by atoms with Gasteiger partial charge in [-0.3, -0.25) is 4.79 Å². The van der Waals surface area contributed by atoms with Crippen LogP contribution < -0.4 is 10.6 Å². The standard InChI is InChI=1S/C11H22N2O3/c1-6-7-12-9(14)8(2)13-10(15)16-11(3,4)5/h8H,6-7H2,1-5H3,(H,12,14)(H,13,15)/t8-/m0/s1. The Morgan fingerprint density at radius 3 is 2.31 bits per heavy atom. The van der Waals surface area contributed by atoms with Gasteiger partial charge in [-0.2, -0.15) is 0 Å². The molecule has 0 aliphatic rings. The number of ether oxygens (including phenoxy) is 1. The van der Waals surface area contributed by atoms with Crippen molar-refractivity contribution in [2.45, 2.75) is 52.7 Å². The predicted molar refractivity (Wildman–Crippen MR) is 62.1 cm³/mol. The Hall–Kier alpha value is -1.26. The molecule has 1 atom stereocenters.